The molecule has 0 aliphatic carbocycles. The van der Waals surface area contributed by atoms with E-state index in [1.807, 2.05) is 0 Å². The van der Waals surface area contributed by atoms with Crippen molar-refractivity contribution in [3.63, 3.8) is 0 Å². The van der Waals surface area contributed by atoms with Crippen molar-refractivity contribution in [1.82, 2.24) is 14.8 Å². The van der Waals surface area contributed by atoms with E-state index in [1.54, 1.807) is 6.07 Å². The Morgan fingerprint density at radius 3 is 2.79 bits per heavy atom. The van der Waals surface area contributed by atoms with E-state index in [1.165, 1.54) is 24.5 Å². The van der Waals surface area contributed by atoms with Crippen molar-refractivity contribution in [3.8, 4) is 0 Å². The third-order valence-corrected chi connectivity index (χ3v) is 5.05. The molecule has 1 amide bonds. The van der Waals surface area contributed by atoms with Gasteiger partial charge in [-0.1, -0.05) is 25.8 Å². The summed E-state index contributed by atoms with van der Waals surface area (Å²) in [5.74, 6) is -0.372. The van der Waals surface area contributed by atoms with Crippen molar-refractivity contribution in [2.24, 2.45) is 0 Å². The number of aromatic nitrogens is 1. The molecule has 0 spiro atoms. The fourth-order valence-electron chi connectivity index (χ4n) is 3.40. The number of rotatable bonds is 9. The normalized spacial score (nSPS) is 16.7. The van der Waals surface area contributed by atoms with E-state index in [9.17, 15) is 14.3 Å². The number of piperazine rings is 1. The van der Waals surface area contributed by atoms with Crippen LogP contribution in [0.25, 0.3) is 0 Å². The Labute approximate surface area is 170 Å². The van der Waals surface area contributed by atoms with Crippen LogP contribution in [0, 0.1) is 5.82 Å². The molecule has 1 saturated heterocycles. The maximum atomic E-state index is 13.2. The molecule has 1 aromatic carbocycles. The van der Waals surface area contributed by atoms with Crippen molar-refractivity contribution in [2.45, 2.75) is 38.8 Å². The quantitative estimate of drug-likeness (QED) is 0.669. The van der Waals surface area contributed by atoms with E-state index in [0.29, 0.717) is 18.1 Å². The molecule has 1 aromatic heterocycles. The number of nitrogens with one attached hydrogen (secondary N) is 1. The van der Waals surface area contributed by atoms with Gasteiger partial charge in [0.15, 0.2) is 5.69 Å². The van der Waals surface area contributed by atoms with Crippen LogP contribution >= 0.6 is 0 Å². The first-order chi connectivity index (χ1) is 14.0. The highest BCUT2D eigenvalue weighted by atomic mass is 19.1. The summed E-state index contributed by atoms with van der Waals surface area (Å²) in [6, 6.07) is 5.70. The van der Waals surface area contributed by atoms with Gasteiger partial charge < -0.3 is 14.8 Å². The third-order valence-electron chi connectivity index (χ3n) is 5.05. The third kappa shape index (κ3) is 6.62. The van der Waals surface area contributed by atoms with E-state index in [0.717, 1.165) is 52.0 Å². The summed E-state index contributed by atoms with van der Waals surface area (Å²) >= 11 is 0. The van der Waals surface area contributed by atoms with Crippen LogP contribution in [0.2, 0.25) is 0 Å². The van der Waals surface area contributed by atoms with E-state index in [4.69, 9.17) is 4.42 Å². The lowest BCUT2D eigenvalue weighted by molar-refractivity contribution is 0.0627. The maximum Gasteiger partial charge on any atom is 0.277 e. The number of unbranched alkanes of at least 4 members (excludes halogenated alkanes) is 1. The first-order valence-corrected chi connectivity index (χ1v) is 10.2. The lowest BCUT2D eigenvalue weighted by Gasteiger charge is -2.35. The molecule has 1 aliphatic rings. The number of aliphatic hydroxyl groups is 1. The Kier molecular flexibility index (Phi) is 7.74. The van der Waals surface area contributed by atoms with E-state index in [-0.39, 0.29) is 11.8 Å². The number of aliphatic hydroxyl groups excluding tert-OH is 1. The summed E-state index contributed by atoms with van der Waals surface area (Å²) in [7, 11) is 0. The Hall–Kier alpha value is -2.29. The molecule has 29 heavy (non-hydrogen) atoms. The Morgan fingerprint density at radius 2 is 2.07 bits per heavy atom. The first-order valence-electron chi connectivity index (χ1n) is 10.2. The van der Waals surface area contributed by atoms with Gasteiger partial charge in [0.05, 0.1) is 12.6 Å². The summed E-state index contributed by atoms with van der Waals surface area (Å²) in [5.41, 5.74) is 0.540. The van der Waals surface area contributed by atoms with Gasteiger partial charge in [-0.05, 0) is 24.6 Å². The molecule has 3 rings (SSSR count). The Bertz CT molecular complexity index is 790. The molecule has 2 heterocycles. The molecule has 2 N–H and O–H groups in total. The maximum absolute atomic E-state index is 13.2. The molecular weight excluding hydrogens is 375 g/mol. The van der Waals surface area contributed by atoms with Crippen LogP contribution in [-0.4, -0.2) is 64.6 Å². The molecule has 2 aromatic rings. The van der Waals surface area contributed by atoms with Crippen LogP contribution in [0.1, 0.15) is 42.6 Å². The highest BCUT2D eigenvalue weighted by Crippen LogP contribution is 2.13. The second kappa shape index (κ2) is 10.5. The second-order valence-electron chi connectivity index (χ2n) is 7.46. The number of carbonyl (C=O) groups is 1. The number of carbonyl (C=O) groups excluding carboxylic acids is 1. The average molecular weight is 404 g/mol. The van der Waals surface area contributed by atoms with E-state index < -0.39 is 11.7 Å². The van der Waals surface area contributed by atoms with Crippen LogP contribution in [0.3, 0.4) is 0 Å². The fraction of sp³-hybridized carbons (Fsp3) is 0.524. The molecule has 0 bridgehead atoms. The minimum Gasteiger partial charge on any atom is -0.447 e. The Morgan fingerprint density at radius 1 is 1.31 bits per heavy atom. The topological polar surface area (TPSA) is 81.8 Å². The zero-order chi connectivity index (χ0) is 20.6. The molecule has 7 nitrogen and oxygen atoms in total. The van der Waals surface area contributed by atoms with Crippen molar-refractivity contribution in [3.05, 3.63) is 47.9 Å². The molecule has 8 heteroatoms. The number of amides is 1. The zero-order valence-electron chi connectivity index (χ0n) is 16.8. The second-order valence-corrected chi connectivity index (χ2v) is 7.46. The number of β-amino-alcohol motifs (C(OH)–C–C–N with tert-alkyl or cyclic N) is 1. The zero-order valence-corrected chi connectivity index (χ0v) is 16.8. The van der Waals surface area contributed by atoms with Gasteiger partial charge in [-0.15, -0.1) is 0 Å². The van der Waals surface area contributed by atoms with Crippen LogP contribution in [0.5, 0.6) is 0 Å². The van der Waals surface area contributed by atoms with Gasteiger partial charge in [0.1, 0.15) is 12.1 Å². The minimum atomic E-state index is -0.434. The van der Waals surface area contributed by atoms with Crippen molar-refractivity contribution >= 4 is 11.6 Å². The number of anilines is 1. The summed E-state index contributed by atoms with van der Waals surface area (Å²) in [4.78, 5) is 21.0. The summed E-state index contributed by atoms with van der Waals surface area (Å²) in [6.07, 6.45) is 4.08. The first kappa shape index (κ1) is 21.4. The van der Waals surface area contributed by atoms with Gasteiger partial charge in [-0.25, -0.2) is 9.37 Å². The average Bonchev–Trinajstić information content (AvgIpc) is 3.16. The number of hydrogen-bond donors (Lipinski definition) is 2. The van der Waals surface area contributed by atoms with Crippen LogP contribution in [-0.2, 0) is 6.54 Å². The minimum absolute atomic E-state index is 0.168. The van der Waals surface area contributed by atoms with Gasteiger partial charge in [0, 0.05) is 38.4 Å². The number of halogens is 1. The van der Waals surface area contributed by atoms with Crippen LogP contribution in [0.15, 0.2) is 34.9 Å². The summed E-state index contributed by atoms with van der Waals surface area (Å²) in [6.45, 7) is 6.86. The molecule has 158 valence electrons. The molecule has 1 aliphatic heterocycles. The van der Waals surface area contributed by atoms with Crippen molar-refractivity contribution in [1.29, 1.82) is 0 Å². The van der Waals surface area contributed by atoms with E-state index in [2.05, 4.69) is 27.0 Å². The summed E-state index contributed by atoms with van der Waals surface area (Å²) < 4.78 is 18.7. The number of benzene rings is 1. The van der Waals surface area contributed by atoms with Gasteiger partial charge in [-0.2, -0.15) is 0 Å². The van der Waals surface area contributed by atoms with E-state index >= 15 is 0 Å². The van der Waals surface area contributed by atoms with Crippen LogP contribution in [0.4, 0.5) is 10.1 Å². The molecule has 1 atom stereocenters. The summed E-state index contributed by atoms with van der Waals surface area (Å²) in [5, 5.41) is 12.7. The van der Waals surface area contributed by atoms with Crippen molar-refractivity contribution in [2.75, 3.05) is 38.0 Å². The predicted molar refractivity (Wildman–Crippen MR) is 108 cm³/mol. The number of hydrogen-bond acceptors (Lipinski definition) is 6. The van der Waals surface area contributed by atoms with Gasteiger partial charge >= 0.3 is 0 Å². The predicted octanol–water partition coefficient (Wildman–Crippen LogP) is 2.73. The largest absolute Gasteiger partial charge is 0.447 e. The lowest BCUT2D eigenvalue weighted by Crippen LogP contribution is -2.48. The standard InChI is InChI=1S/C21H29FN4O3/c1-2-3-7-18(27)13-25-8-10-26(11-9-25)14-20-24-19(15-29-20)21(28)23-17-6-4-5-16(22)12-17/h4-6,12,15,18,27H,2-3,7-11,13-14H2,1H3,(H,23,28)/t18-/m1/s1. The molecule has 0 radical (unpaired) electrons. The molecule has 0 saturated carbocycles. The fourth-order valence-corrected chi connectivity index (χ4v) is 3.40. The SMILES string of the molecule is CCCC[C@@H](O)CN1CCN(Cc2nc(C(=O)Nc3cccc(F)c3)co2)CC1. The molecule has 1 fully saturated rings. The lowest BCUT2D eigenvalue weighted by atomic mass is 10.1. The molecule has 0 unspecified atom stereocenters. The Balaban J connectivity index is 1.44. The highest BCUT2D eigenvalue weighted by Gasteiger charge is 2.21. The molecular formula is C21H29FN4O3. The number of oxazole rings is 1. The number of nitrogens with zero attached hydrogens (tertiary/aromatic N) is 3. The smallest absolute Gasteiger partial charge is 0.277 e. The van der Waals surface area contributed by atoms with Gasteiger partial charge in [0.25, 0.3) is 5.91 Å². The van der Waals surface area contributed by atoms with Gasteiger partial charge in [-0.3, -0.25) is 14.6 Å². The van der Waals surface area contributed by atoms with Crippen LogP contribution < -0.4 is 5.32 Å². The monoisotopic (exact) mass is 404 g/mol. The van der Waals surface area contributed by atoms with Crippen molar-refractivity contribution < 1.29 is 18.7 Å². The van der Waals surface area contributed by atoms with Gasteiger partial charge in [0.2, 0.25) is 5.89 Å². The highest BCUT2D eigenvalue weighted by molar-refractivity contribution is 6.02.